The summed E-state index contributed by atoms with van der Waals surface area (Å²) < 4.78 is 5.83. The van der Waals surface area contributed by atoms with Gasteiger partial charge in [-0.3, -0.25) is 4.79 Å². The van der Waals surface area contributed by atoms with E-state index >= 15 is 0 Å². The second-order valence-corrected chi connectivity index (χ2v) is 7.86. The Morgan fingerprint density at radius 3 is 2.26 bits per heavy atom. The molecule has 0 aliphatic heterocycles. The molecule has 0 saturated heterocycles. The summed E-state index contributed by atoms with van der Waals surface area (Å²) in [6.45, 7) is 2.48. The molecule has 3 aromatic rings. The van der Waals surface area contributed by atoms with Crippen molar-refractivity contribution in [2.24, 2.45) is 0 Å². The van der Waals surface area contributed by atoms with Crippen molar-refractivity contribution in [3.05, 3.63) is 93.5 Å². The van der Waals surface area contributed by atoms with Crippen molar-refractivity contribution in [3.63, 3.8) is 0 Å². The van der Waals surface area contributed by atoms with E-state index in [0.29, 0.717) is 22.2 Å². The van der Waals surface area contributed by atoms with Crippen LogP contribution in [0.2, 0.25) is 10.0 Å². The van der Waals surface area contributed by atoms with Crippen LogP contribution >= 0.6 is 31.8 Å². The van der Waals surface area contributed by atoms with Gasteiger partial charge in [0.25, 0.3) is 0 Å². The zero-order valence-corrected chi connectivity index (χ0v) is 17.6. The summed E-state index contributed by atoms with van der Waals surface area (Å²) in [6, 6.07) is 20.9. The summed E-state index contributed by atoms with van der Waals surface area (Å²) in [5.41, 5.74) is 2.43. The maximum absolute atomic E-state index is 12.6. The average molecular weight is 410 g/mol. The summed E-state index contributed by atoms with van der Waals surface area (Å²) in [5.74, 6) is 0.781. The third-order valence-electron chi connectivity index (χ3n) is 3.88. The smallest absolute Gasteiger partial charge is 0.188 e. The molecule has 6 heteroatoms. The number of carbonyl (C=O) groups excluding carboxylic acids is 1. The fraction of sp³-hybridized carbons (Fsp3) is 0.0952. The largest absolute Gasteiger partial charge is 0.489 e. The van der Waals surface area contributed by atoms with E-state index in [9.17, 15) is 4.79 Å². The first-order valence-corrected chi connectivity index (χ1v) is 9.83. The minimum Gasteiger partial charge on any atom is -0.489 e. The molecule has 0 spiro atoms. The number of hydrogen-bond acceptors (Lipinski definition) is 2. The molecular formula is C21H17Cl2LiO2P. The Hall–Kier alpha value is -1.26. The first-order chi connectivity index (χ1) is 12.5. The van der Waals surface area contributed by atoms with Crippen LogP contribution < -0.4 is 10.0 Å². The van der Waals surface area contributed by atoms with Crippen molar-refractivity contribution < 1.29 is 9.53 Å². The molecule has 1 radical (unpaired) electrons. The van der Waals surface area contributed by atoms with E-state index in [1.54, 1.807) is 18.2 Å². The van der Waals surface area contributed by atoms with Crippen LogP contribution in [0.5, 0.6) is 5.75 Å². The minimum atomic E-state index is -0.0679. The fourth-order valence-electron chi connectivity index (χ4n) is 2.51. The molecule has 0 aromatic heterocycles. The van der Waals surface area contributed by atoms with Crippen LogP contribution in [0.15, 0.2) is 66.7 Å². The van der Waals surface area contributed by atoms with Crippen LogP contribution in [0.1, 0.15) is 21.5 Å². The number of benzene rings is 3. The summed E-state index contributed by atoms with van der Waals surface area (Å²) in [7, 11) is -0.0448. The van der Waals surface area contributed by atoms with Crippen molar-refractivity contribution in [1.29, 1.82) is 0 Å². The molecule has 0 aliphatic rings. The molecule has 1 unspecified atom stereocenters. The Morgan fingerprint density at radius 2 is 1.63 bits per heavy atom. The van der Waals surface area contributed by atoms with E-state index < -0.39 is 0 Å². The van der Waals surface area contributed by atoms with Crippen LogP contribution in [0.25, 0.3) is 0 Å². The Labute approximate surface area is 183 Å². The van der Waals surface area contributed by atoms with E-state index in [-0.39, 0.29) is 33.0 Å². The molecule has 2 nitrogen and oxygen atoms in total. The van der Waals surface area contributed by atoms with Gasteiger partial charge in [-0.2, -0.15) is 0 Å². The Balaban J connectivity index is 0.00000261. The molecular weight excluding hydrogens is 393 g/mol. The molecule has 27 heavy (non-hydrogen) atoms. The molecule has 0 N–H and O–H groups in total. The maximum Gasteiger partial charge on any atom is 0.188 e. The van der Waals surface area contributed by atoms with Gasteiger partial charge < -0.3 is 4.74 Å². The van der Waals surface area contributed by atoms with Crippen molar-refractivity contribution in [3.8, 4) is 5.75 Å². The topological polar surface area (TPSA) is 26.3 Å². The normalized spacial score (nSPS) is 10.6. The van der Waals surface area contributed by atoms with Gasteiger partial charge in [-0.05, 0) is 56.2 Å². The fourth-order valence-corrected chi connectivity index (χ4v) is 4.31. The zero-order valence-electron chi connectivity index (χ0n) is 15.1. The van der Waals surface area contributed by atoms with Crippen molar-refractivity contribution >= 4 is 61.5 Å². The van der Waals surface area contributed by atoms with Crippen molar-refractivity contribution in [1.82, 2.24) is 0 Å². The quantitative estimate of drug-likeness (QED) is 0.388. The van der Waals surface area contributed by atoms with E-state index in [1.807, 2.05) is 55.5 Å². The average Bonchev–Trinajstić information content (AvgIpc) is 2.63. The first kappa shape index (κ1) is 22.0. The second kappa shape index (κ2) is 10.3. The van der Waals surface area contributed by atoms with E-state index in [4.69, 9.17) is 27.9 Å². The number of rotatable bonds is 6. The predicted octanol–water partition coefficient (Wildman–Crippen LogP) is 5.64. The van der Waals surface area contributed by atoms with Crippen LogP contribution in [-0.2, 0) is 6.61 Å². The molecule has 0 fully saturated rings. The van der Waals surface area contributed by atoms with Crippen LogP contribution in [0, 0.1) is 6.92 Å². The molecule has 0 bridgehead atoms. The molecule has 3 aromatic carbocycles. The standard InChI is InChI=1S/C21H17Cl2O2P.Li/c1-14-12-16(25-13-15-6-3-2-4-7-15)10-11-19(14)26-21(24)20-17(22)8-5-9-18(20)23;/h2-12,26H,13H2,1H3;. The van der Waals surface area contributed by atoms with Crippen LogP contribution in [0.4, 0.5) is 0 Å². The van der Waals surface area contributed by atoms with E-state index in [1.165, 1.54) is 0 Å². The van der Waals surface area contributed by atoms with Gasteiger partial charge in [-0.1, -0.05) is 65.7 Å². The monoisotopic (exact) mass is 409 g/mol. The first-order valence-electron chi connectivity index (χ1n) is 8.07. The van der Waals surface area contributed by atoms with Gasteiger partial charge in [0, 0.05) is 18.9 Å². The number of halogens is 2. The van der Waals surface area contributed by atoms with Gasteiger partial charge in [0.2, 0.25) is 0 Å². The third-order valence-corrected chi connectivity index (χ3v) is 5.82. The summed E-state index contributed by atoms with van der Waals surface area (Å²) in [6.07, 6.45) is 0. The zero-order chi connectivity index (χ0) is 18.5. The Bertz CT molecular complexity index is 912. The van der Waals surface area contributed by atoms with Gasteiger partial charge in [0.15, 0.2) is 5.52 Å². The van der Waals surface area contributed by atoms with E-state index in [2.05, 4.69) is 0 Å². The van der Waals surface area contributed by atoms with Crippen LogP contribution in [0.3, 0.4) is 0 Å². The molecule has 0 amide bonds. The summed E-state index contributed by atoms with van der Waals surface area (Å²) in [4.78, 5) is 12.6. The van der Waals surface area contributed by atoms with Gasteiger partial charge in [-0.15, -0.1) is 0 Å². The summed E-state index contributed by atoms with van der Waals surface area (Å²) in [5, 5.41) is 1.73. The summed E-state index contributed by atoms with van der Waals surface area (Å²) >= 11 is 12.3. The van der Waals surface area contributed by atoms with Crippen molar-refractivity contribution in [2.45, 2.75) is 13.5 Å². The second-order valence-electron chi connectivity index (χ2n) is 5.80. The van der Waals surface area contributed by atoms with E-state index in [0.717, 1.165) is 22.2 Å². The minimum absolute atomic E-state index is 0. The number of aryl methyl sites for hydroxylation is 1. The van der Waals surface area contributed by atoms with Gasteiger partial charge in [0.1, 0.15) is 12.4 Å². The van der Waals surface area contributed by atoms with Gasteiger partial charge >= 0.3 is 0 Å². The molecule has 0 aliphatic carbocycles. The predicted molar refractivity (Wildman–Crippen MR) is 116 cm³/mol. The number of carbonyl (C=O) groups is 1. The number of ether oxygens (including phenoxy) is 1. The molecule has 3 rings (SSSR count). The van der Waals surface area contributed by atoms with Crippen LogP contribution in [-0.4, -0.2) is 24.4 Å². The molecule has 0 saturated carbocycles. The Kier molecular flexibility index (Phi) is 8.43. The van der Waals surface area contributed by atoms with Gasteiger partial charge in [0.05, 0.1) is 15.6 Å². The number of hydrogen-bond donors (Lipinski definition) is 0. The molecule has 0 heterocycles. The molecule has 1 atom stereocenters. The third kappa shape index (κ3) is 5.85. The Morgan fingerprint density at radius 1 is 0.963 bits per heavy atom. The SMILES string of the molecule is Cc1cc(OCc2ccccc2)ccc1PC(=O)c1c(Cl)cccc1Cl.[Li]. The maximum atomic E-state index is 12.6. The molecule has 133 valence electrons. The van der Waals surface area contributed by atoms with Crippen molar-refractivity contribution in [2.75, 3.05) is 0 Å². The van der Waals surface area contributed by atoms with Gasteiger partial charge in [-0.25, -0.2) is 0 Å².